The number of ether oxygens (including phenoxy) is 2. The summed E-state index contributed by atoms with van der Waals surface area (Å²) in [5, 5.41) is 5.81. The Morgan fingerprint density at radius 3 is 2.06 bits per heavy atom. The lowest BCUT2D eigenvalue weighted by Gasteiger charge is -2.14. The van der Waals surface area contributed by atoms with E-state index in [1.54, 1.807) is 55.6 Å². The molecule has 0 aliphatic heterocycles. The molecular weight excluding hydrogens is 392 g/mol. The van der Waals surface area contributed by atoms with E-state index in [-0.39, 0.29) is 17.9 Å². The highest BCUT2D eigenvalue weighted by Crippen LogP contribution is 2.16. The quantitative estimate of drug-likeness (QED) is 0.503. The lowest BCUT2D eigenvalue weighted by Crippen LogP contribution is -2.26. The van der Waals surface area contributed by atoms with Crippen molar-refractivity contribution < 1.29 is 19.1 Å². The topological polar surface area (TPSA) is 76.7 Å². The van der Waals surface area contributed by atoms with Crippen molar-refractivity contribution in [2.75, 3.05) is 25.6 Å². The molecule has 0 bridgehead atoms. The van der Waals surface area contributed by atoms with Crippen LogP contribution in [0.5, 0.6) is 5.75 Å². The number of methoxy groups -OCH3 is 1. The summed E-state index contributed by atoms with van der Waals surface area (Å²) in [4.78, 5) is 24.9. The number of carbonyl (C=O) groups excluding carboxylic acids is 2. The monoisotopic (exact) mass is 418 g/mol. The van der Waals surface area contributed by atoms with Crippen molar-refractivity contribution in [2.45, 2.75) is 13.0 Å². The minimum Gasteiger partial charge on any atom is -0.491 e. The number of benzene rings is 3. The Labute approximate surface area is 182 Å². The number of carbonyl (C=O) groups is 2. The molecule has 31 heavy (non-hydrogen) atoms. The van der Waals surface area contributed by atoms with E-state index >= 15 is 0 Å². The first kappa shape index (κ1) is 22.1. The second-order valence-electron chi connectivity index (χ2n) is 7.00. The standard InChI is InChI=1S/C25H26N2O4/c1-18(19-6-4-3-5-7-19)26-24(28)20-8-12-22(13-9-20)27-25(29)21-10-14-23(15-11-21)31-17-16-30-2/h3-15,18H,16-17H2,1-2H3,(H,26,28)(H,27,29). The zero-order chi connectivity index (χ0) is 22.1. The van der Waals surface area contributed by atoms with Crippen LogP contribution >= 0.6 is 0 Å². The van der Waals surface area contributed by atoms with Gasteiger partial charge >= 0.3 is 0 Å². The second-order valence-corrected chi connectivity index (χ2v) is 7.00. The van der Waals surface area contributed by atoms with E-state index in [0.717, 1.165) is 5.56 Å². The van der Waals surface area contributed by atoms with E-state index in [0.29, 0.717) is 35.8 Å². The van der Waals surface area contributed by atoms with Gasteiger partial charge in [-0.3, -0.25) is 9.59 Å². The minimum atomic E-state index is -0.238. The van der Waals surface area contributed by atoms with Crippen LogP contribution in [0.2, 0.25) is 0 Å². The van der Waals surface area contributed by atoms with Crippen LogP contribution in [-0.4, -0.2) is 32.1 Å². The van der Waals surface area contributed by atoms with Crippen LogP contribution in [0.3, 0.4) is 0 Å². The van der Waals surface area contributed by atoms with Gasteiger partial charge in [0.15, 0.2) is 0 Å². The molecule has 3 aromatic rings. The van der Waals surface area contributed by atoms with Gasteiger partial charge in [-0.1, -0.05) is 30.3 Å². The largest absolute Gasteiger partial charge is 0.491 e. The zero-order valence-corrected chi connectivity index (χ0v) is 17.6. The van der Waals surface area contributed by atoms with Crippen LogP contribution in [0.15, 0.2) is 78.9 Å². The zero-order valence-electron chi connectivity index (χ0n) is 17.6. The van der Waals surface area contributed by atoms with Gasteiger partial charge in [-0.05, 0) is 61.0 Å². The average molecular weight is 418 g/mol. The Bertz CT molecular complexity index is 986. The minimum absolute atomic E-state index is 0.102. The van der Waals surface area contributed by atoms with Crippen molar-refractivity contribution in [3.05, 3.63) is 95.6 Å². The summed E-state index contributed by atoms with van der Waals surface area (Å²) in [7, 11) is 1.61. The second kappa shape index (κ2) is 10.9. The molecule has 0 saturated heterocycles. The van der Waals surface area contributed by atoms with Gasteiger partial charge in [-0.25, -0.2) is 0 Å². The third-order valence-electron chi connectivity index (χ3n) is 4.72. The maximum absolute atomic E-state index is 12.5. The number of anilines is 1. The Kier molecular flexibility index (Phi) is 7.79. The molecule has 0 fully saturated rings. The molecule has 6 heteroatoms. The van der Waals surface area contributed by atoms with Crippen LogP contribution in [0, 0.1) is 0 Å². The molecule has 0 heterocycles. The summed E-state index contributed by atoms with van der Waals surface area (Å²) in [5.74, 6) is 0.269. The lowest BCUT2D eigenvalue weighted by atomic mass is 10.1. The molecule has 0 radical (unpaired) electrons. The molecule has 6 nitrogen and oxygen atoms in total. The van der Waals surface area contributed by atoms with Crippen molar-refractivity contribution in [3.8, 4) is 5.75 Å². The summed E-state index contributed by atoms with van der Waals surface area (Å²) in [5.41, 5.74) is 2.68. The molecule has 2 N–H and O–H groups in total. The molecule has 3 rings (SSSR count). The third kappa shape index (κ3) is 6.42. The normalized spacial score (nSPS) is 11.4. The number of rotatable bonds is 9. The SMILES string of the molecule is COCCOc1ccc(C(=O)Nc2ccc(C(=O)NC(C)c3ccccc3)cc2)cc1. The molecule has 0 aliphatic carbocycles. The lowest BCUT2D eigenvalue weighted by molar-refractivity contribution is 0.0939. The van der Waals surface area contributed by atoms with Crippen molar-refractivity contribution in [3.63, 3.8) is 0 Å². The maximum Gasteiger partial charge on any atom is 0.255 e. The molecule has 0 saturated carbocycles. The molecule has 3 aromatic carbocycles. The summed E-state index contributed by atoms with van der Waals surface area (Å²) in [6, 6.07) is 23.4. The van der Waals surface area contributed by atoms with Gasteiger partial charge in [0.05, 0.1) is 12.6 Å². The molecule has 160 valence electrons. The third-order valence-corrected chi connectivity index (χ3v) is 4.72. The van der Waals surface area contributed by atoms with Gasteiger partial charge in [-0.2, -0.15) is 0 Å². The summed E-state index contributed by atoms with van der Waals surface area (Å²) < 4.78 is 10.4. The molecule has 2 amide bonds. The van der Waals surface area contributed by atoms with Crippen molar-refractivity contribution in [1.82, 2.24) is 5.32 Å². The fourth-order valence-corrected chi connectivity index (χ4v) is 2.96. The first-order valence-corrected chi connectivity index (χ1v) is 10.1. The van der Waals surface area contributed by atoms with E-state index in [9.17, 15) is 9.59 Å². The van der Waals surface area contributed by atoms with Gasteiger partial charge in [0, 0.05) is 23.9 Å². The van der Waals surface area contributed by atoms with E-state index in [4.69, 9.17) is 9.47 Å². The van der Waals surface area contributed by atoms with E-state index < -0.39 is 0 Å². The van der Waals surface area contributed by atoms with Gasteiger partial charge in [-0.15, -0.1) is 0 Å². The Morgan fingerprint density at radius 1 is 0.806 bits per heavy atom. The van der Waals surface area contributed by atoms with Crippen LogP contribution in [-0.2, 0) is 4.74 Å². The number of nitrogens with one attached hydrogen (secondary N) is 2. The van der Waals surface area contributed by atoms with Gasteiger partial charge in [0.1, 0.15) is 12.4 Å². The van der Waals surface area contributed by atoms with Gasteiger partial charge < -0.3 is 20.1 Å². The maximum atomic E-state index is 12.5. The smallest absolute Gasteiger partial charge is 0.255 e. The van der Waals surface area contributed by atoms with Crippen LogP contribution < -0.4 is 15.4 Å². The fraction of sp³-hybridized carbons (Fsp3) is 0.200. The molecular formula is C25H26N2O4. The highest BCUT2D eigenvalue weighted by atomic mass is 16.5. The predicted octanol–water partition coefficient (Wildman–Crippen LogP) is 4.46. The van der Waals surface area contributed by atoms with E-state index in [1.807, 2.05) is 37.3 Å². The van der Waals surface area contributed by atoms with E-state index in [2.05, 4.69) is 10.6 Å². The summed E-state index contributed by atoms with van der Waals surface area (Å²) in [6.45, 7) is 2.89. The summed E-state index contributed by atoms with van der Waals surface area (Å²) >= 11 is 0. The highest BCUT2D eigenvalue weighted by Gasteiger charge is 2.12. The van der Waals surface area contributed by atoms with Crippen LogP contribution in [0.25, 0.3) is 0 Å². The van der Waals surface area contributed by atoms with Crippen LogP contribution in [0.4, 0.5) is 5.69 Å². The molecule has 0 spiro atoms. The Hall–Kier alpha value is -3.64. The Morgan fingerprint density at radius 2 is 1.42 bits per heavy atom. The van der Waals surface area contributed by atoms with Crippen molar-refractivity contribution >= 4 is 17.5 Å². The molecule has 0 aliphatic rings. The molecule has 1 atom stereocenters. The van der Waals surface area contributed by atoms with Crippen molar-refractivity contribution in [1.29, 1.82) is 0 Å². The first-order valence-electron chi connectivity index (χ1n) is 10.1. The number of hydrogen-bond acceptors (Lipinski definition) is 4. The number of amides is 2. The average Bonchev–Trinajstić information content (AvgIpc) is 2.80. The summed E-state index contributed by atoms with van der Waals surface area (Å²) in [6.07, 6.45) is 0. The fourth-order valence-electron chi connectivity index (χ4n) is 2.96. The Balaban J connectivity index is 1.55. The predicted molar refractivity (Wildman–Crippen MR) is 121 cm³/mol. The molecule has 1 unspecified atom stereocenters. The first-order chi connectivity index (χ1) is 15.1. The number of hydrogen-bond donors (Lipinski definition) is 2. The van der Waals surface area contributed by atoms with Crippen LogP contribution in [0.1, 0.15) is 39.2 Å². The van der Waals surface area contributed by atoms with E-state index in [1.165, 1.54) is 0 Å². The molecule has 0 aromatic heterocycles. The van der Waals surface area contributed by atoms with Gasteiger partial charge in [0.2, 0.25) is 0 Å². The van der Waals surface area contributed by atoms with Gasteiger partial charge in [0.25, 0.3) is 11.8 Å². The highest BCUT2D eigenvalue weighted by molar-refractivity contribution is 6.04. The van der Waals surface area contributed by atoms with Crippen molar-refractivity contribution in [2.24, 2.45) is 0 Å².